The lowest BCUT2D eigenvalue weighted by molar-refractivity contribution is 1.27. The third-order valence-corrected chi connectivity index (χ3v) is 9.73. The number of thiophene rings is 1. The Morgan fingerprint density at radius 2 is 1.14 bits per heavy atom. The summed E-state index contributed by atoms with van der Waals surface area (Å²) in [7, 11) is 0. The summed E-state index contributed by atoms with van der Waals surface area (Å²) in [5.41, 5.74) is 9.62. The molecule has 0 amide bonds. The maximum atomic E-state index is 4.64. The number of hydrogen-bond donors (Lipinski definition) is 0. The Balaban J connectivity index is 1.16. The maximum Gasteiger partial charge on any atom is 0.145 e. The topological polar surface area (TPSA) is 17.3 Å². The smallest absolute Gasteiger partial charge is 0.145 e. The molecule has 0 fully saturated rings. The van der Waals surface area contributed by atoms with Crippen molar-refractivity contribution in [3.63, 3.8) is 0 Å². The van der Waals surface area contributed by atoms with Crippen LogP contribution in [-0.4, -0.2) is 9.38 Å². The Morgan fingerprint density at radius 3 is 2.02 bits per heavy atom. The first-order valence-electron chi connectivity index (χ1n) is 14.2. The molecule has 0 radical (unpaired) electrons. The molecule has 0 bridgehead atoms. The molecule has 3 heterocycles. The van der Waals surface area contributed by atoms with Gasteiger partial charge >= 0.3 is 0 Å². The number of imidazole rings is 1. The fourth-order valence-corrected chi connectivity index (χ4v) is 7.75. The zero-order chi connectivity index (χ0) is 27.6. The zero-order valence-electron chi connectivity index (χ0n) is 22.7. The number of pyridine rings is 1. The van der Waals surface area contributed by atoms with Crippen LogP contribution in [0.1, 0.15) is 0 Å². The van der Waals surface area contributed by atoms with Gasteiger partial charge in [0.05, 0.1) is 5.52 Å². The molecule has 0 spiro atoms. The van der Waals surface area contributed by atoms with E-state index < -0.39 is 0 Å². The van der Waals surface area contributed by atoms with Gasteiger partial charge in [-0.15, -0.1) is 11.3 Å². The van der Waals surface area contributed by atoms with Crippen molar-refractivity contribution >= 4 is 58.8 Å². The molecule has 0 N–H and O–H groups in total. The molecule has 0 saturated heterocycles. The predicted molar refractivity (Wildman–Crippen MR) is 179 cm³/mol. The normalized spacial score (nSPS) is 11.8. The van der Waals surface area contributed by atoms with Gasteiger partial charge < -0.3 is 0 Å². The van der Waals surface area contributed by atoms with Gasteiger partial charge in [0.1, 0.15) is 5.65 Å². The average molecular weight is 553 g/mol. The Bertz CT molecular complexity index is 2460. The molecule has 3 aromatic heterocycles. The van der Waals surface area contributed by atoms with Gasteiger partial charge in [-0.1, -0.05) is 115 Å². The van der Waals surface area contributed by atoms with Crippen LogP contribution in [0.15, 0.2) is 146 Å². The SMILES string of the molecule is c1ccc(-c2cccc3c2sc2ccccc23)c(-c2ccc(-c3ccc4c(c3)c3ccccc3c3nccn43)cc2)c1. The molecule has 6 aromatic carbocycles. The number of benzene rings is 6. The van der Waals surface area contributed by atoms with Crippen molar-refractivity contribution in [3.8, 4) is 33.4 Å². The molecule has 0 unspecified atom stereocenters. The highest BCUT2D eigenvalue weighted by atomic mass is 32.1. The second kappa shape index (κ2) is 9.13. The van der Waals surface area contributed by atoms with E-state index in [2.05, 4.69) is 149 Å². The molecular weight excluding hydrogens is 529 g/mol. The summed E-state index contributed by atoms with van der Waals surface area (Å²) in [5.74, 6) is 0. The molecule has 0 saturated carbocycles. The van der Waals surface area contributed by atoms with Crippen LogP contribution in [0.3, 0.4) is 0 Å². The fraction of sp³-hybridized carbons (Fsp3) is 0. The van der Waals surface area contributed by atoms with Gasteiger partial charge in [-0.25, -0.2) is 4.98 Å². The van der Waals surface area contributed by atoms with E-state index in [0.29, 0.717) is 0 Å². The zero-order valence-corrected chi connectivity index (χ0v) is 23.5. The van der Waals surface area contributed by atoms with Crippen molar-refractivity contribution in [2.75, 3.05) is 0 Å². The van der Waals surface area contributed by atoms with E-state index in [1.54, 1.807) is 0 Å². The largest absolute Gasteiger partial charge is 0.299 e. The first-order valence-corrected chi connectivity index (χ1v) is 15.0. The third-order valence-electron chi connectivity index (χ3n) is 8.51. The quantitative estimate of drug-likeness (QED) is 0.199. The van der Waals surface area contributed by atoms with Crippen LogP contribution < -0.4 is 0 Å². The van der Waals surface area contributed by atoms with Gasteiger partial charge in [0, 0.05) is 48.9 Å². The molecule has 196 valence electrons. The average Bonchev–Trinajstić information content (AvgIpc) is 3.71. The van der Waals surface area contributed by atoms with Gasteiger partial charge in [-0.3, -0.25) is 4.40 Å². The lowest BCUT2D eigenvalue weighted by Crippen LogP contribution is -1.91. The molecule has 2 nitrogen and oxygen atoms in total. The highest BCUT2D eigenvalue weighted by molar-refractivity contribution is 7.26. The second-order valence-corrected chi connectivity index (χ2v) is 11.9. The van der Waals surface area contributed by atoms with E-state index >= 15 is 0 Å². The third kappa shape index (κ3) is 3.47. The van der Waals surface area contributed by atoms with E-state index in [9.17, 15) is 0 Å². The van der Waals surface area contributed by atoms with E-state index in [4.69, 9.17) is 0 Å². The molecule has 0 aliphatic heterocycles. The molecule has 9 rings (SSSR count). The molecule has 3 heteroatoms. The monoisotopic (exact) mass is 552 g/mol. The molecule has 9 aromatic rings. The van der Waals surface area contributed by atoms with Crippen molar-refractivity contribution < 1.29 is 0 Å². The Labute approximate surface area is 246 Å². The van der Waals surface area contributed by atoms with Crippen LogP contribution in [0.2, 0.25) is 0 Å². The van der Waals surface area contributed by atoms with Gasteiger partial charge in [0.25, 0.3) is 0 Å². The Hall–Kier alpha value is -5.25. The van der Waals surface area contributed by atoms with Crippen LogP contribution in [0, 0.1) is 0 Å². The number of nitrogens with zero attached hydrogens (tertiary/aromatic N) is 2. The van der Waals surface area contributed by atoms with Crippen LogP contribution in [0.4, 0.5) is 0 Å². The molecule has 42 heavy (non-hydrogen) atoms. The summed E-state index contributed by atoms with van der Waals surface area (Å²) in [6.45, 7) is 0. The lowest BCUT2D eigenvalue weighted by atomic mass is 9.92. The molecule has 0 aliphatic rings. The number of fused-ring (bicyclic) bond motifs is 9. The van der Waals surface area contributed by atoms with E-state index in [0.717, 1.165) is 5.65 Å². The first kappa shape index (κ1) is 23.5. The fourth-order valence-electron chi connectivity index (χ4n) is 6.52. The predicted octanol–water partition coefficient (Wildman–Crippen LogP) is 11.0. The van der Waals surface area contributed by atoms with Gasteiger partial charge in [0.2, 0.25) is 0 Å². The van der Waals surface area contributed by atoms with Crippen molar-refractivity contribution in [1.82, 2.24) is 9.38 Å². The summed E-state index contributed by atoms with van der Waals surface area (Å²) < 4.78 is 4.87. The van der Waals surface area contributed by atoms with Crippen molar-refractivity contribution in [2.45, 2.75) is 0 Å². The summed E-state index contributed by atoms with van der Waals surface area (Å²) >= 11 is 1.88. The van der Waals surface area contributed by atoms with Crippen molar-refractivity contribution in [1.29, 1.82) is 0 Å². The molecule has 0 aliphatic carbocycles. The summed E-state index contributed by atoms with van der Waals surface area (Å²) in [4.78, 5) is 4.64. The van der Waals surface area contributed by atoms with Gasteiger partial charge in [0.15, 0.2) is 0 Å². The minimum atomic E-state index is 1.00. The lowest BCUT2D eigenvalue weighted by Gasteiger charge is -2.13. The van der Waals surface area contributed by atoms with Crippen LogP contribution in [-0.2, 0) is 0 Å². The number of rotatable bonds is 3. The number of aromatic nitrogens is 2. The second-order valence-electron chi connectivity index (χ2n) is 10.8. The highest BCUT2D eigenvalue weighted by Gasteiger charge is 2.14. The first-order chi connectivity index (χ1) is 20.8. The summed E-state index contributed by atoms with van der Waals surface area (Å²) in [5, 5.41) is 6.30. The van der Waals surface area contributed by atoms with Crippen molar-refractivity contribution in [2.24, 2.45) is 0 Å². The van der Waals surface area contributed by atoms with Crippen LogP contribution >= 0.6 is 11.3 Å². The van der Waals surface area contributed by atoms with E-state index in [-0.39, 0.29) is 0 Å². The standard InChI is InChI=1S/C39H24N2S/c1-2-9-29(32-13-7-14-33-31-11-5-6-15-37(31)42-38(32)33)28(8-1)26-18-16-25(17-19-26)27-20-21-36-35(24-27)30-10-3-4-12-34(30)39-40-22-23-41(36)39/h1-24H. The van der Waals surface area contributed by atoms with Gasteiger partial charge in [-0.2, -0.15) is 0 Å². The molecular formula is C39H24N2S. The maximum absolute atomic E-state index is 4.64. The van der Waals surface area contributed by atoms with Crippen LogP contribution in [0.25, 0.3) is 80.9 Å². The van der Waals surface area contributed by atoms with Crippen molar-refractivity contribution in [3.05, 3.63) is 146 Å². The van der Waals surface area contributed by atoms with Gasteiger partial charge in [-0.05, 0) is 51.4 Å². The van der Waals surface area contributed by atoms with E-state index in [1.165, 1.54) is 75.2 Å². The van der Waals surface area contributed by atoms with E-state index in [1.807, 2.05) is 17.5 Å². The summed E-state index contributed by atoms with van der Waals surface area (Å²) in [6.07, 6.45) is 3.93. The number of hydrogen-bond acceptors (Lipinski definition) is 2. The minimum Gasteiger partial charge on any atom is -0.299 e. The summed E-state index contributed by atoms with van der Waals surface area (Å²) in [6, 6.07) is 48.6. The molecule has 0 atom stereocenters. The van der Waals surface area contributed by atoms with Crippen LogP contribution in [0.5, 0.6) is 0 Å². The Kier molecular flexibility index (Phi) is 5.10. The highest BCUT2D eigenvalue weighted by Crippen LogP contribution is 2.43. The minimum absolute atomic E-state index is 1.00. The Morgan fingerprint density at radius 1 is 0.476 bits per heavy atom.